The van der Waals surface area contributed by atoms with Crippen LogP contribution in [-0.4, -0.2) is 36.9 Å². The topological polar surface area (TPSA) is 70.6 Å². The molecular weight excluding hydrogens is 312 g/mol. The van der Waals surface area contributed by atoms with Gasteiger partial charge in [0.15, 0.2) is 0 Å². The summed E-state index contributed by atoms with van der Waals surface area (Å²) in [5.74, 6) is 0.332. The first-order valence-electron chi connectivity index (χ1n) is 8.08. The Morgan fingerprint density at radius 3 is 2.74 bits per heavy atom. The zero-order valence-corrected chi connectivity index (χ0v) is 15.2. The first-order valence-corrected chi connectivity index (χ1v) is 9.03. The third-order valence-corrected chi connectivity index (χ3v) is 5.01. The van der Waals surface area contributed by atoms with E-state index in [1.807, 2.05) is 16.8 Å². The number of hydrogen-bond donors (Lipinski definition) is 3. The second-order valence-corrected chi connectivity index (χ2v) is 8.34. The lowest BCUT2D eigenvalue weighted by Crippen LogP contribution is -2.46. The maximum Gasteiger partial charge on any atom is 0.314 e. The summed E-state index contributed by atoms with van der Waals surface area (Å²) in [7, 11) is 0. The van der Waals surface area contributed by atoms with E-state index in [4.69, 9.17) is 4.74 Å². The molecule has 5 nitrogen and oxygen atoms in total. The average Bonchev–Trinajstić information content (AvgIpc) is 3.12. The van der Waals surface area contributed by atoms with Gasteiger partial charge in [-0.3, -0.25) is 0 Å². The normalized spacial score (nSPS) is 24.2. The molecule has 2 rings (SSSR count). The molecule has 1 aliphatic heterocycles. The lowest BCUT2D eigenvalue weighted by Gasteiger charge is -2.31. The third-order valence-electron chi connectivity index (χ3n) is 4.33. The van der Waals surface area contributed by atoms with Crippen molar-refractivity contribution < 1.29 is 14.6 Å². The van der Waals surface area contributed by atoms with Crippen molar-refractivity contribution in [2.24, 2.45) is 11.3 Å². The Bertz CT molecular complexity index is 508. The fraction of sp³-hybridized carbons (Fsp3) is 0.706. The highest BCUT2D eigenvalue weighted by atomic mass is 32.1. The Morgan fingerprint density at radius 1 is 1.39 bits per heavy atom. The summed E-state index contributed by atoms with van der Waals surface area (Å²) in [6, 6.07) is 1.62. The molecule has 0 spiro atoms. The maximum atomic E-state index is 12.0. The Hall–Kier alpha value is -1.11. The van der Waals surface area contributed by atoms with E-state index in [-0.39, 0.29) is 24.1 Å². The first kappa shape index (κ1) is 18.2. The highest BCUT2D eigenvalue weighted by Crippen LogP contribution is 2.34. The van der Waals surface area contributed by atoms with Crippen LogP contribution in [0.15, 0.2) is 16.8 Å². The molecule has 1 aromatic rings. The summed E-state index contributed by atoms with van der Waals surface area (Å²) in [6.07, 6.45) is 1.13. The SMILES string of the molecule is CC(C)(C)[C@H]1OCC[C@H]1CNC(=O)NC[C@@](C)(O)c1ccsc1. The van der Waals surface area contributed by atoms with Gasteiger partial charge in [-0.25, -0.2) is 4.79 Å². The minimum Gasteiger partial charge on any atom is -0.384 e. The fourth-order valence-electron chi connectivity index (χ4n) is 3.01. The van der Waals surface area contributed by atoms with Gasteiger partial charge in [-0.05, 0) is 41.1 Å². The van der Waals surface area contributed by atoms with Crippen LogP contribution in [0, 0.1) is 11.3 Å². The van der Waals surface area contributed by atoms with Crippen LogP contribution in [0.25, 0.3) is 0 Å². The number of ether oxygens (including phenoxy) is 1. The van der Waals surface area contributed by atoms with Gasteiger partial charge in [0.25, 0.3) is 0 Å². The van der Waals surface area contributed by atoms with Gasteiger partial charge in [0.05, 0.1) is 12.6 Å². The van der Waals surface area contributed by atoms with Crippen molar-refractivity contribution in [1.82, 2.24) is 10.6 Å². The van der Waals surface area contributed by atoms with Crippen molar-refractivity contribution in [2.45, 2.75) is 45.8 Å². The molecule has 1 aromatic heterocycles. The minimum absolute atomic E-state index is 0.0714. The first-order chi connectivity index (χ1) is 10.7. The third kappa shape index (κ3) is 4.93. The number of carbonyl (C=O) groups is 1. The van der Waals surface area contributed by atoms with Crippen molar-refractivity contribution in [3.05, 3.63) is 22.4 Å². The lowest BCUT2D eigenvalue weighted by molar-refractivity contribution is 0.00767. The van der Waals surface area contributed by atoms with E-state index in [2.05, 4.69) is 31.4 Å². The predicted molar refractivity (Wildman–Crippen MR) is 92.6 cm³/mol. The summed E-state index contributed by atoms with van der Waals surface area (Å²) in [6.45, 7) is 9.71. The van der Waals surface area contributed by atoms with Gasteiger partial charge in [-0.2, -0.15) is 11.3 Å². The Balaban J connectivity index is 1.77. The van der Waals surface area contributed by atoms with Crippen LogP contribution in [0.1, 0.15) is 39.7 Å². The standard InChI is InChI=1S/C17H28N2O3S/c1-16(2,3)14-12(5-7-22-14)9-18-15(20)19-11-17(4,21)13-6-8-23-10-13/h6,8,10,12,14,21H,5,7,9,11H2,1-4H3,(H2,18,19,20)/t12-,14-,17+/m0/s1. The molecule has 0 bridgehead atoms. The van der Waals surface area contributed by atoms with E-state index in [1.165, 1.54) is 11.3 Å². The summed E-state index contributed by atoms with van der Waals surface area (Å²) >= 11 is 1.53. The van der Waals surface area contributed by atoms with Gasteiger partial charge >= 0.3 is 6.03 Å². The minimum atomic E-state index is -1.05. The zero-order valence-electron chi connectivity index (χ0n) is 14.4. The number of carbonyl (C=O) groups excluding carboxylic acids is 1. The number of thiophene rings is 1. The molecule has 0 aromatic carbocycles. The van der Waals surface area contributed by atoms with Crippen molar-refractivity contribution in [3.8, 4) is 0 Å². The molecule has 2 heterocycles. The summed E-state index contributed by atoms with van der Waals surface area (Å²) < 4.78 is 5.81. The van der Waals surface area contributed by atoms with Gasteiger partial charge in [-0.15, -0.1) is 0 Å². The average molecular weight is 340 g/mol. The Morgan fingerprint density at radius 2 is 2.13 bits per heavy atom. The van der Waals surface area contributed by atoms with Crippen LogP contribution in [0.2, 0.25) is 0 Å². The fourth-order valence-corrected chi connectivity index (χ4v) is 3.79. The lowest BCUT2D eigenvalue weighted by atomic mass is 9.81. The second kappa shape index (κ2) is 7.20. The van der Waals surface area contributed by atoms with Gasteiger partial charge in [0.1, 0.15) is 5.60 Å². The number of urea groups is 1. The van der Waals surface area contributed by atoms with Gasteiger partial charge in [0, 0.05) is 19.1 Å². The van der Waals surface area contributed by atoms with Crippen molar-refractivity contribution in [2.75, 3.05) is 19.7 Å². The maximum absolute atomic E-state index is 12.0. The number of hydrogen-bond acceptors (Lipinski definition) is 4. The molecule has 1 saturated heterocycles. The predicted octanol–water partition coefficient (Wildman–Crippen LogP) is 2.71. The van der Waals surface area contributed by atoms with Crippen LogP contribution in [0.3, 0.4) is 0 Å². The van der Waals surface area contributed by atoms with Gasteiger partial charge in [0.2, 0.25) is 0 Å². The molecule has 3 atom stereocenters. The van der Waals surface area contributed by atoms with Crippen molar-refractivity contribution in [1.29, 1.82) is 0 Å². The molecular formula is C17H28N2O3S. The van der Waals surface area contributed by atoms with Crippen LogP contribution in [-0.2, 0) is 10.3 Å². The molecule has 0 aliphatic carbocycles. The van der Waals surface area contributed by atoms with Crippen molar-refractivity contribution in [3.63, 3.8) is 0 Å². The van der Waals surface area contributed by atoms with Crippen molar-refractivity contribution >= 4 is 17.4 Å². The molecule has 0 saturated carbocycles. The smallest absolute Gasteiger partial charge is 0.314 e. The van der Waals surface area contributed by atoms with Gasteiger partial charge in [-0.1, -0.05) is 20.8 Å². The molecule has 1 aliphatic rings. The van der Waals surface area contributed by atoms with E-state index >= 15 is 0 Å². The summed E-state index contributed by atoms with van der Waals surface area (Å²) in [4.78, 5) is 12.0. The van der Waals surface area contributed by atoms with Crippen LogP contribution >= 0.6 is 11.3 Å². The molecule has 130 valence electrons. The van der Waals surface area contributed by atoms with E-state index < -0.39 is 5.60 Å². The van der Waals surface area contributed by atoms with Crippen LogP contribution in [0.5, 0.6) is 0 Å². The van der Waals surface area contributed by atoms with Crippen LogP contribution in [0.4, 0.5) is 4.79 Å². The monoisotopic (exact) mass is 340 g/mol. The molecule has 2 amide bonds. The quantitative estimate of drug-likeness (QED) is 0.772. The molecule has 3 N–H and O–H groups in total. The molecule has 23 heavy (non-hydrogen) atoms. The Kier molecular flexibility index (Phi) is 5.70. The number of rotatable bonds is 5. The highest BCUT2D eigenvalue weighted by Gasteiger charge is 2.37. The largest absolute Gasteiger partial charge is 0.384 e. The van der Waals surface area contributed by atoms with E-state index in [0.29, 0.717) is 12.5 Å². The van der Waals surface area contributed by atoms with Gasteiger partial charge < -0.3 is 20.5 Å². The van der Waals surface area contributed by atoms with Crippen LogP contribution < -0.4 is 10.6 Å². The molecule has 0 radical (unpaired) electrons. The number of nitrogens with one attached hydrogen (secondary N) is 2. The van der Waals surface area contributed by atoms with E-state index in [1.54, 1.807) is 6.92 Å². The second-order valence-electron chi connectivity index (χ2n) is 7.56. The Labute approximate surface area is 142 Å². The molecule has 6 heteroatoms. The summed E-state index contributed by atoms with van der Waals surface area (Å²) in [5.41, 5.74) is -0.163. The number of amides is 2. The highest BCUT2D eigenvalue weighted by molar-refractivity contribution is 7.08. The van der Waals surface area contributed by atoms with E-state index in [0.717, 1.165) is 18.6 Å². The van der Waals surface area contributed by atoms with E-state index in [9.17, 15) is 9.90 Å². The molecule has 0 unspecified atom stereocenters. The molecule has 1 fully saturated rings. The summed E-state index contributed by atoms with van der Waals surface area (Å²) in [5, 5.41) is 19.9. The number of aliphatic hydroxyl groups is 1. The zero-order chi connectivity index (χ0) is 17.1.